The van der Waals surface area contributed by atoms with E-state index in [1.54, 1.807) is 24.3 Å². The van der Waals surface area contributed by atoms with E-state index in [0.717, 1.165) is 5.56 Å². The molecule has 3 nitrogen and oxygen atoms in total. The highest BCUT2D eigenvalue weighted by Gasteiger charge is 2.10. The van der Waals surface area contributed by atoms with Crippen LogP contribution in [0.4, 0.5) is 0 Å². The molecule has 0 spiro atoms. The van der Waals surface area contributed by atoms with Gasteiger partial charge in [-0.2, -0.15) is 0 Å². The van der Waals surface area contributed by atoms with E-state index in [0.29, 0.717) is 10.8 Å². The molecule has 0 aliphatic carbocycles. The monoisotopic (exact) mass is 250 g/mol. The standard InChI is InChI=1S/C13H11ClO3/c1-9-4-5-10(14)13(7-9)17-8-11(15)12-3-2-6-16-12/h2-7H,8H2,1H3. The van der Waals surface area contributed by atoms with Gasteiger partial charge >= 0.3 is 0 Å². The Balaban J connectivity index is 2.03. The number of halogens is 1. The van der Waals surface area contributed by atoms with Gasteiger partial charge in [-0.05, 0) is 36.8 Å². The van der Waals surface area contributed by atoms with E-state index >= 15 is 0 Å². The maximum atomic E-state index is 11.6. The van der Waals surface area contributed by atoms with E-state index in [9.17, 15) is 4.79 Å². The number of benzene rings is 1. The predicted molar refractivity (Wildman–Crippen MR) is 64.7 cm³/mol. The predicted octanol–water partition coefficient (Wildman–Crippen LogP) is 3.50. The number of aryl methyl sites for hydroxylation is 1. The maximum Gasteiger partial charge on any atom is 0.235 e. The van der Waals surface area contributed by atoms with Crippen LogP contribution < -0.4 is 4.74 Å². The topological polar surface area (TPSA) is 39.4 Å². The number of Topliss-reactive ketones (excluding diaryl/α,β-unsaturated/α-hetero) is 1. The molecule has 4 heteroatoms. The Morgan fingerprint density at radius 2 is 2.24 bits per heavy atom. The number of furan rings is 1. The zero-order chi connectivity index (χ0) is 12.3. The fraction of sp³-hybridized carbons (Fsp3) is 0.154. The van der Waals surface area contributed by atoms with Gasteiger partial charge < -0.3 is 9.15 Å². The summed E-state index contributed by atoms with van der Waals surface area (Å²) in [5.74, 6) is 0.577. The van der Waals surface area contributed by atoms with Crippen molar-refractivity contribution in [3.8, 4) is 5.75 Å². The van der Waals surface area contributed by atoms with Crippen molar-refractivity contribution in [2.24, 2.45) is 0 Å². The summed E-state index contributed by atoms with van der Waals surface area (Å²) in [6, 6.07) is 8.67. The third kappa shape index (κ3) is 2.88. The van der Waals surface area contributed by atoms with Gasteiger partial charge in [-0.15, -0.1) is 0 Å². The molecule has 0 aliphatic rings. The Kier molecular flexibility index (Phi) is 3.49. The van der Waals surface area contributed by atoms with Crippen LogP contribution in [0.15, 0.2) is 41.0 Å². The van der Waals surface area contributed by atoms with Crippen molar-refractivity contribution in [3.63, 3.8) is 0 Å². The molecule has 0 fully saturated rings. The Bertz CT molecular complexity index is 517. The van der Waals surface area contributed by atoms with Crippen LogP contribution in [0, 0.1) is 6.92 Å². The minimum absolute atomic E-state index is 0.0866. The van der Waals surface area contributed by atoms with Gasteiger partial charge in [0, 0.05) is 0 Å². The van der Waals surface area contributed by atoms with Gasteiger partial charge in [0.05, 0.1) is 11.3 Å². The molecule has 0 bridgehead atoms. The number of hydrogen-bond donors (Lipinski definition) is 0. The number of rotatable bonds is 4. The van der Waals surface area contributed by atoms with Gasteiger partial charge in [0.15, 0.2) is 12.4 Å². The van der Waals surface area contributed by atoms with Crippen molar-refractivity contribution >= 4 is 17.4 Å². The van der Waals surface area contributed by atoms with Gasteiger partial charge in [0.25, 0.3) is 0 Å². The Morgan fingerprint density at radius 1 is 1.41 bits per heavy atom. The highest BCUT2D eigenvalue weighted by atomic mass is 35.5. The Labute approximate surface area is 104 Å². The van der Waals surface area contributed by atoms with Crippen molar-refractivity contribution in [2.45, 2.75) is 6.92 Å². The zero-order valence-electron chi connectivity index (χ0n) is 9.27. The molecule has 17 heavy (non-hydrogen) atoms. The highest BCUT2D eigenvalue weighted by molar-refractivity contribution is 6.32. The number of hydrogen-bond acceptors (Lipinski definition) is 3. The van der Waals surface area contributed by atoms with E-state index in [2.05, 4.69) is 0 Å². The van der Waals surface area contributed by atoms with Crippen LogP contribution in [-0.2, 0) is 0 Å². The lowest BCUT2D eigenvalue weighted by Crippen LogP contribution is -2.10. The van der Waals surface area contributed by atoms with Crippen LogP contribution in [0.3, 0.4) is 0 Å². The zero-order valence-corrected chi connectivity index (χ0v) is 10.0. The molecule has 0 unspecified atom stereocenters. The van der Waals surface area contributed by atoms with Crippen LogP contribution in [-0.4, -0.2) is 12.4 Å². The minimum Gasteiger partial charge on any atom is -0.484 e. The van der Waals surface area contributed by atoms with Crippen LogP contribution >= 0.6 is 11.6 Å². The van der Waals surface area contributed by atoms with Crippen molar-refractivity contribution in [3.05, 3.63) is 52.9 Å². The van der Waals surface area contributed by atoms with Gasteiger partial charge in [-0.3, -0.25) is 4.79 Å². The first-order valence-electron chi connectivity index (χ1n) is 5.12. The molecular formula is C13H11ClO3. The summed E-state index contributed by atoms with van der Waals surface area (Å²) in [5, 5.41) is 0.489. The summed E-state index contributed by atoms with van der Waals surface area (Å²) >= 11 is 5.94. The average molecular weight is 251 g/mol. The summed E-state index contributed by atoms with van der Waals surface area (Å²) in [7, 11) is 0. The number of carbonyl (C=O) groups excluding carboxylic acids is 1. The van der Waals surface area contributed by atoms with Gasteiger partial charge in [0.2, 0.25) is 5.78 Å². The first-order chi connectivity index (χ1) is 8.16. The lowest BCUT2D eigenvalue weighted by molar-refractivity contribution is 0.0894. The van der Waals surface area contributed by atoms with Crippen LogP contribution in [0.5, 0.6) is 5.75 Å². The first-order valence-corrected chi connectivity index (χ1v) is 5.50. The fourth-order valence-corrected chi connectivity index (χ4v) is 1.54. The average Bonchev–Trinajstić information content (AvgIpc) is 2.83. The molecule has 88 valence electrons. The molecule has 0 aliphatic heterocycles. The highest BCUT2D eigenvalue weighted by Crippen LogP contribution is 2.25. The molecule has 2 rings (SSSR count). The summed E-state index contributed by atoms with van der Waals surface area (Å²) in [6.45, 7) is 1.84. The second kappa shape index (κ2) is 5.06. The van der Waals surface area contributed by atoms with E-state index in [-0.39, 0.29) is 18.2 Å². The summed E-state index contributed by atoms with van der Waals surface area (Å²) < 4.78 is 10.3. The minimum atomic E-state index is -0.215. The number of ketones is 1. The van der Waals surface area contributed by atoms with E-state index < -0.39 is 0 Å². The van der Waals surface area contributed by atoms with Crippen LogP contribution in [0.1, 0.15) is 16.1 Å². The lowest BCUT2D eigenvalue weighted by Gasteiger charge is -2.07. The molecule has 0 radical (unpaired) electrons. The first kappa shape index (κ1) is 11.7. The maximum absolute atomic E-state index is 11.6. The van der Waals surface area contributed by atoms with E-state index in [1.807, 2.05) is 13.0 Å². The Morgan fingerprint density at radius 3 is 2.94 bits per heavy atom. The molecule has 0 saturated heterocycles. The normalized spacial score (nSPS) is 10.2. The van der Waals surface area contributed by atoms with Crippen molar-refractivity contribution in [2.75, 3.05) is 6.61 Å². The largest absolute Gasteiger partial charge is 0.484 e. The molecule has 0 N–H and O–H groups in total. The second-order valence-electron chi connectivity index (χ2n) is 3.62. The summed E-state index contributed by atoms with van der Waals surface area (Å²) in [4.78, 5) is 11.6. The summed E-state index contributed by atoms with van der Waals surface area (Å²) in [6.07, 6.45) is 1.45. The van der Waals surface area contributed by atoms with Gasteiger partial charge in [-0.25, -0.2) is 0 Å². The second-order valence-corrected chi connectivity index (χ2v) is 4.03. The van der Waals surface area contributed by atoms with Crippen molar-refractivity contribution in [1.29, 1.82) is 0 Å². The lowest BCUT2D eigenvalue weighted by atomic mass is 10.2. The van der Waals surface area contributed by atoms with E-state index in [4.69, 9.17) is 20.8 Å². The molecule has 1 aromatic carbocycles. The fourth-order valence-electron chi connectivity index (χ4n) is 1.37. The molecular weight excluding hydrogens is 240 g/mol. The summed E-state index contributed by atoms with van der Waals surface area (Å²) in [5.41, 5.74) is 1.02. The van der Waals surface area contributed by atoms with E-state index in [1.165, 1.54) is 6.26 Å². The van der Waals surface area contributed by atoms with Crippen molar-refractivity contribution in [1.82, 2.24) is 0 Å². The van der Waals surface area contributed by atoms with Gasteiger partial charge in [-0.1, -0.05) is 17.7 Å². The molecule has 2 aromatic rings. The van der Waals surface area contributed by atoms with Crippen LogP contribution in [0.2, 0.25) is 5.02 Å². The third-order valence-electron chi connectivity index (χ3n) is 2.24. The van der Waals surface area contributed by atoms with Gasteiger partial charge in [0.1, 0.15) is 5.75 Å². The number of carbonyl (C=O) groups is 1. The van der Waals surface area contributed by atoms with Crippen molar-refractivity contribution < 1.29 is 13.9 Å². The quantitative estimate of drug-likeness (QED) is 0.780. The smallest absolute Gasteiger partial charge is 0.235 e. The van der Waals surface area contributed by atoms with Crippen LogP contribution in [0.25, 0.3) is 0 Å². The number of ether oxygens (including phenoxy) is 1. The Hall–Kier alpha value is -1.74. The SMILES string of the molecule is Cc1ccc(Cl)c(OCC(=O)c2ccco2)c1. The molecule has 0 saturated carbocycles. The molecule has 1 aromatic heterocycles. The molecule has 1 heterocycles. The third-order valence-corrected chi connectivity index (χ3v) is 2.55. The molecule has 0 atom stereocenters. The molecule has 0 amide bonds.